The van der Waals surface area contributed by atoms with Crippen LogP contribution in [0.3, 0.4) is 0 Å². The van der Waals surface area contributed by atoms with Gasteiger partial charge in [-0.3, -0.25) is 0 Å². The lowest BCUT2D eigenvalue weighted by Crippen LogP contribution is -2.32. The fourth-order valence-electron chi connectivity index (χ4n) is 2.99. The molecule has 24 heavy (non-hydrogen) atoms. The number of fused-ring (bicyclic) bond motifs is 1. The predicted molar refractivity (Wildman–Crippen MR) is 97.6 cm³/mol. The Balaban J connectivity index is 1.94. The van der Waals surface area contributed by atoms with Crippen molar-refractivity contribution >= 4 is 22.5 Å². The van der Waals surface area contributed by atoms with E-state index in [-0.39, 0.29) is 12.5 Å². The molecule has 0 radical (unpaired) electrons. The van der Waals surface area contributed by atoms with Crippen LogP contribution in [0.4, 0.5) is 0 Å². The normalized spacial score (nSPS) is 14.0. The second-order valence-electron chi connectivity index (χ2n) is 5.86. The molecule has 1 aromatic heterocycles. The summed E-state index contributed by atoms with van der Waals surface area (Å²) in [6.45, 7) is 0.694. The second-order valence-corrected chi connectivity index (χ2v) is 6.27. The number of aliphatic hydroxyl groups is 2. The molecule has 0 unspecified atom stereocenters. The van der Waals surface area contributed by atoms with Crippen molar-refractivity contribution in [2.75, 3.05) is 19.7 Å². The highest BCUT2D eigenvalue weighted by Gasteiger charge is 2.20. The molecule has 2 atom stereocenters. The van der Waals surface area contributed by atoms with E-state index in [2.05, 4.69) is 16.4 Å². The van der Waals surface area contributed by atoms with Crippen LogP contribution in [0.2, 0.25) is 5.02 Å². The number of halogens is 1. The van der Waals surface area contributed by atoms with Gasteiger partial charge in [-0.25, -0.2) is 0 Å². The van der Waals surface area contributed by atoms with Crippen molar-refractivity contribution in [3.05, 3.63) is 70.9 Å². The standard InChI is InChI=1S/C19H21ClN2O2/c20-18-7-3-1-5-14(18)16(10-21-9-13(24)12-23)17-11-22-19-8-4-2-6-15(17)19/h1-8,11,13,16,21-24H,9-10,12H2/t13-,16+/m1/s1. The summed E-state index contributed by atoms with van der Waals surface area (Å²) < 4.78 is 0. The lowest BCUT2D eigenvalue weighted by atomic mass is 9.90. The Kier molecular flexibility index (Phi) is 5.53. The van der Waals surface area contributed by atoms with Crippen LogP contribution in [0.25, 0.3) is 10.9 Å². The second kappa shape index (κ2) is 7.81. The summed E-state index contributed by atoms with van der Waals surface area (Å²) in [6, 6.07) is 16.0. The summed E-state index contributed by atoms with van der Waals surface area (Å²) in [5.74, 6) is 0.0424. The molecule has 0 aliphatic carbocycles. The summed E-state index contributed by atoms with van der Waals surface area (Å²) in [6.07, 6.45) is 1.25. The van der Waals surface area contributed by atoms with E-state index in [9.17, 15) is 5.11 Å². The SMILES string of the molecule is OC[C@H](O)CNC[C@@H](c1ccccc1Cl)c1c[nH]c2ccccc12. The molecule has 0 fully saturated rings. The number of aromatic nitrogens is 1. The van der Waals surface area contributed by atoms with Gasteiger partial charge in [0.15, 0.2) is 0 Å². The van der Waals surface area contributed by atoms with Gasteiger partial charge in [0.05, 0.1) is 12.7 Å². The van der Waals surface area contributed by atoms with E-state index in [4.69, 9.17) is 16.7 Å². The summed E-state index contributed by atoms with van der Waals surface area (Å²) in [7, 11) is 0. The van der Waals surface area contributed by atoms with E-state index < -0.39 is 6.10 Å². The van der Waals surface area contributed by atoms with Crippen molar-refractivity contribution in [3.63, 3.8) is 0 Å². The lowest BCUT2D eigenvalue weighted by molar-refractivity contribution is 0.0944. The van der Waals surface area contributed by atoms with Crippen LogP contribution in [-0.4, -0.2) is 41.0 Å². The summed E-state index contributed by atoms with van der Waals surface area (Å²) in [4.78, 5) is 3.31. The van der Waals surface area contributed by atoms with E-state index in [0.717, 1.165) is 27.1 Å². The monoisotopic (exact) mass is 344 g/mol. The van der Waals surface area contributed by atoms with Crippen LogP contribution in [-0.2, 0) is 0 Å². The van der Waals surface area contributed by atoms with Gasteiger partial charge >= 0.3 is 0 Å². The summed E-state index contributed by atoms with van der Waals surface area (Å²) in [5.41, 5.74) is 3.28. The van der Waals surface area contributed by atoms with Crippen molar-refractivity contribution in [1.29, 1.82) is 0 Å². The first kappa shape index (κ1) is 17.0. The molecule has 1 heterocycles. The summed E-state index contributed by atoms with van der Waals surface area (Å²) in [5, 5.41) is 23.6. The minimum Gasteiger partial charge on any atom is -0.394 e. The number of hydrogen-bond acceptors (Lipinski definition) is 3. The van der Waals surface area contributed by atoms with Crippen molar-refractivity contribution in [1.82, 2.24) is 10.3 Å². The Morgan fingerprint density at radius 1 is 1.00 bits per heavy atom. The van der Waals surface area contributed by atoms with Gasteiger partial charge in [-0.05, 0) is 23.3 Å². The number of aromatic amines is 1. The zero-order valence-corrected chi connectivity index (χ0v) is 14.0. The van der Waals surface area contributed by atoms with Gasteiger partial charge < -0.3 is 20.5 Å². The number of rotatable bonds is 7. The molecule has 126 valence electrons. The molecule has 0 aliphatic rings. The zero-order chi connectivity index (χ0) is 16.9. The maximum atomic E-state index is 9.55. The van der Waals surface area contributed by atoms with Crippen LogP contribution in [0.5, 0.6) is 0 Å². The minimum absolute atomic E-state index is 0.0424. The molecule has 2 aromatic carbocycles. The topological polar surface area (TPSA) is 68.3 Å². The first-order valence-electron chi connectivity index (χ1n) is 8.00. The number of H-pyrrole nitrogens is 1. The molecule has 0 saturated heterocycles. The molecule has 0 amide bonds. The first-order chi connectivity index (χ1) is 11.7. The van der Waals surface area contributed by atoms with Gasteiger partial charge in [-0.2, -0.15) is 0 Å². The molecule has 5 heteroatoms. The lowest BCUT2D eigenvalue weighted by Gasteiger charge is -2.20. The predicted octanol–water partition coefficient (Wildman–Crippen LogP) is 2.90. The Labute approximate surface area is 146 Å². The molecule has 0 spiro atoms. The highest BCUT2D eigenvalue weighted by atomic mass is 35.5. The highest BCUT2D eigenvalue weighted by molar-refractivity contribution is 6.31. The number of aliphatic hydroxyl groups excluding tert-OH is 2. The Bertz CT molecular complexity index is 803. The minimum atomic E-state index is -0.764. The molecule has 0 aliphatic heterocycles. The maximum Gasteiger partial charge on any atom is 0.0894 e. The van der Waals surface area contributed by atoms with Gasteiger partial charge in [-0.1, -0.05) is 48.0 Å². The fraction of sp³-hybridized carbons (Fsp3) is 0.263. The largest absolute Gasteiger partial charge is 0.394 e. The highest BCUT2D eigenvalue weighted by Crippen LogP contribution is 2.33. The van der Waals surface area contributed by atoms with Gasteiger partial charge in [0.1, 0.15) is 0 Å². The summed E-state index contributed by atoms with van der Waals surface area (Å²) >= 11 is 6.43. The third-order valence-corrected chi connectivity index (χ3v) is 4.56. The van der Waals surface area contributed by atoms with E-state index in [1.165, 1.54) is 0 Å². The van der Waals surface area contributed by atoms with Crippen molar-refractivity contribution in [2.24, 2.45) is 0 Å². The molecule has 3 aromatic rings. The Morgan fingerprint density at radius 3 is 2.54 bits per heavy atom. The third-order valence-electron chi connectivity index (χ3n) is 4.22. The average molecular weight is 345 g/mol. The van der Waals surface area contributed by atoms with E-state index >= 15 is 0 Å². The van der Waals surface area contributed by atoms with Crippen LogP contribution in [0.1, 0.15) is 17.0 Å². The average Bonchev–Trinajstić information content (AvgIpc) is 3.03. The zero-order valence-electron chi connectivity index (χ0n) is 13.2. The smallest absolute Gasteiger partial charge is 0.0894 e. The number of nitrogens with one attached hydrogen (secondary N) is 2. The number of hydrogen-bond donors (Lipinski definition) is 4. The Hall–Kier alpha value is -1.85. The van der Waals surface area contributed by atoms with Gasteiger partial charge in [0, 0.05) is 41.1 Å². The molecular weight excluding hydrogens is 324 g/mol. The number of para-hydroxylation sites is 1. The van der Waals surface area contributed by atoms with E-state index in [0.29, 0.717) is 13.1 Å². The van der Waals surface area contributed by atoms with Crippen molar-refractivity contribution in [2.45, 2.75) is 12.0 Å². The molecule has 0 saturated carbocycles. The van der Waals surface area contributed by atoms with E-state index in [1.807, 2.05) is 48.7 Å². The van der Waals surface area contributed by atoms with Crippen LogP contribution in [0, 0.1) is 0 Å². The van der Waals surface area contributed by atoms with Gasteiger partial charge in [0.25, 0.3) is 0 Å². The quantitative estimate of drug-likeness (QED) is 0.533. The van der Waals surface area contributed by atoms with Gasteiger partial charge in [-0.15, -0.1) is 0 Å². The van der Waals surface area contributed by atoms with Gasteiger partial charge in [0.2, 0.25) is 0 Å². The molecule has 4 N–H and O–H groups in total. The Morgan fingerprint density at radius 2 is 1.75 bits per heavy atom. The van der Waals surface area contributed by atoms with E-state index in [1.54, 1.807) is 0 Å². The van der Waals surface area contributed by atoms with Crippen LogP contribution < -0.4 is 5.32 Å². The molecule has 4 nitrogen and oxygen atoms in total. The third kappa shape index (κ3) is 3.62. The molecular formula is C19H21ClN2O2. The fourth-order valence-corrected chi connectivity index (χ4v) is 3.25. The van der Waals surface area contributed by atoms with Crippen LogP contribution >= 0.6 is 11.6 Å². The van der Waals surface area contributed by atoms with Crippen molar-refractivity contribution in [3.8, 4) is 0 Å². The molecule has 0 bridgehead atoms. The molecule has 3 rings (SSSR count). The first-order valence-corrected chi connectivity index (χ1v) is 8.38. The van der Waals surface area contributed by atoms with Crippen LogP contribution in [0.15, 0.2) is 54.7 Å². The van der Waals surface area contributed by atoms with Crippen molar-refractivity contribution < 1.29 is 10.2 Å². The number of benzene rings is 2. The maximum absolute atomic E-state index is 9.55.